The summed E-state index contributed by atoms with van der Waals surface area (Å²) < 4.78 is 17.7. The molecule has 0 N–H and O–H groups in total. The number of rotatable bonds is 12. The van der Waals surface area contributed by atoms with Crippen LogP contribution in [0.1, 0.15) is 34.9 Å². The molecule has 0 fully saturated rings. The van der Waals surface area contributed by atoms with Crippen molar-refractivity contribution in [2.45, 2.75) is 25.5 Å². The average molecular weight is 710 g/mol. The van der Waals surface area contributed by atoms with Crippen LogP contribution in [0.3, 0.4) is 0 Å². The Morgan fingerprint density at radius 3 is 1.78 bits per heavy atom. The van der Waals surface area contributed by atoms with Crippen LogP contribution in [0.25, 0.3) is 33.4 Å². The van der Waals surface area contributed by atoms with Gasteiger partial charge in [-0.2, -0.15) is 0 Å². The van der Waals surface area contributed by atoms with Crippen molar-refractivity contribution < 1.29 is 14.2 Å². The maximum absolute atomic E-state index is 6.45. The first-order chi connectivity index (χ1) is 26.6. The maximum atomic E-state index is 6.45. The zero-order valence-corrected chi connectivity index (χ0v) is 30.4. The van der Waals surface area contributed by atoms with E-state index in [4.69, 9.17) is 34.6 Å². The molecule has 0 amide bonds. The number of tetrazole rings is 1. The fourth-order valence-corrected chi connectivity index (χ4v) is 7.12. The molecule has 0 aliphatic heterocycles. The van der Waals surface area contributed by atoms with Crippen molar-refractivity contribution in [1.82, 2.24) is 25.2 Å². The second-order valence-electron chi connectivity index (χ2n) is 12.9. The van der Waals surface area contributed by atoms with Gasteiger partial charge in [0.1, 0.15) is 23.9 Å². The highest BCUT2D eigenvalue weighted by atomic mass is 16.5. The highest BCUT2D eigenvalue weighted by molar-refractivity contribution is 5.92. The monoisotopic (exact) mass is 709 g/mol. The molecule has 6 aromatic carbocycles. The Kier molecular flexibility index (Phi) is 9.56. The van der Waals surface area contributed by atoms with Gasteiger partial charge >= 0.3 is 0 Å². The minimum absolute atomic E-state index is 0.371. The SMILES string of the molecule is CCc1cc(OCc2ccc(-c3ccccc3-c3nnn(C(c4ccccc4)(c4ccccc4)c4ccccc4)n3)cc2)c2c(OC)cc(OC)cc2n1. The average Bonchev–Trinajstić information content (AvgIpc) is 3.74. The molecule has 2 aromatic heterocycles. The summed E-state index contributed by atoms with van der Waals surface area (Å²) in [6.45, 7) is 2.45. The van der Waals surface area contributed by atoms with Crippen LogP contribution in [0.4, 0.5) is 0 Å². The number of benzene rings is 6. The van der Waals surface area contributed by atoms with Gasteiger partial charge in [0.05, 0.1) is 25.1 Å². The molecule has 0 aliphatic carbocycles. The fourth-order valence-electron chi connectivity index (χ4n) is 7.12. The lowest BCUT2D eigenvalue weighted by Gasteiger charge is -2.34. The standard InChI is InChI=1S/C46H39N5O3/c1-4-37-28-43(44-41(47-37)29-38(52-2)30-42(44)53-3)54-31-32-24-26-33(27-25-32)39-22-14-15-23-40(39)45-48-50-51(49-45)46(34-16-8-5-9-17-34,35-18-10-6-11-19-35)36-20-12-7-13-21-36/h5-30H,4,31H2,1-3H3. The van der Waals surface area contributed by atoms with Crippen LogP contribution >= 0.6 is 0 Å². The Balaban J connectivity index is 1.13. The zero-order valence-electron chi connectivity index (χ0n) is 30.4. The summed E-state index contributed by atoms with van der Waals surface area (Å²) in [7, 11) is 3.28. The lowest BCUT2D eigenvalue weighted by Crippen LogP contribution is -2.39. The van der Waals surface area contributed by atoms with Crippen molar-refractivity contribution in [2.75, 3.05) is 14.2 Å². The third-order valence-corrected chi connectivity index (χ3v) is 9.80. The number of pyridine rings is 1. The minimum atomic E-state index is -0.861. The molecule has 0 radical (unpaired) electrons. The predicted octanol–water partition coefficient (Wildman–Crippen LogP) is 9.55. The summed E-state index contributed by atoms with van der Waals surface area (Å²) >= 11 is 0. The molecule has 8 nitrogen and oxygen atoms in total. The Morgan fingerprint density at radius 2 is 1.20 bits per heavy atom. The third-order valence-electron chi connectivity index (χ3n) is 9.80. The molecule has 8 heteroatoms. The first kappa shape index (κ1) is 34.3. The summed E-state index contributed by atoms with van der Waals surface area (Å²) in [5, 5.41) is 15.5. The number of hydrogen-bond donors (Lipinski definition) is 0. The number of nitrogens with zero attached hydrogens (tertiary/aromatic N) is 5. The van der Waals surface area contributed by atoms with Crippen LogP contribution in [0.15, 0.2) is 158 Å². The molecule has 266 valence electrons. The third kappa shape index (κ3) is 6.32. The summed E-state index contributed by atoms with van der Waals surface area (Å²) in [6.07, 6.45) is 0.772. The Morgan fingerprint density at radius 1 is 0.611 bits per heavy atom. The molecule has 8 aromatic rings. The molecule has 8 rings (SSSR count). The van der Waals surface area contributed by atoms with Gasteiger partial charge in [-0.15, -0.1) is 15.0 Å². The molecule has 0 aliphatic rings. The summed E-state index contributed by atoms with van der Waals surface area (Å²) in [4.78, 5) is 6.57. The molecule has 2 heterocycles. The highest BCUT2D eigenvalue weighted by Crippen LogP contribution is 2.41. The molecule has 0 bridgehead atoms. The lowest BCUT2D eigenvalue weighted by atomic mass is 9.77. The van der Waals surface area contributed by atoms with E-state index in [9.17, 15) is 0 Å². The Bertz CT molecular complexity index is 2400. The maximum Gasteiger partial charge on any atom is 0.205 e. The number of aromatic nitrogens is 5. The molecule has 0 spiro atoms. The number of hydrogen-bond acceptors (Lipinski definition) is 7. The van der Waals surface area contributed by atoms with Crippen LogP contribution in [-0.2, 0) is 18.6 Å². The second kappa shape index (κ2) is 15.0. The Labute approximate surface area is 314 Å². The normalized spacial score (nSPS) is 11.4. The van der Waals surface area contributed by atoms with E-state index >= 15 is 0 Å². The van der Waals surface area contributed by atoms with Gasteiger partial charge in [0.2, 0.25) is 5.82 Å². The van der Waals surface area contributed by atoms with Crippen LogP contribution in [0.2, 0.25) is 0 Å². The second-order valence-corrected chi connectivity index (χ2v) is 12.9. The van der Waals surface area contributed by atoms with E-state index in [1.165, 1.54) is 0 Å². The molecule has 54 heavy (non-hydrogen) atoms. The molecular formula is C46H39N5O3. The first-order valence-electron chi connectivity index (χ1n) is 18.0. The largest absolute Gasteiger partial charge is 0.497 e. The molecule has 0 atom stereocenters. The Hall–Kier alpha value is -6.80. The topological polar surface area (TPSA) is 84.2 Å². The van der Waals surface area contributed by atoms with Crippen molar-refractivity contribution in [3.8, 4) is 39.8 Å². The molecule has 0 saturated heterocycles. The smallest absolute Gasteiger partial charge is 0.205 e. The van der Waals surface area contributed by atoms with Gasteiger partial charge in [0.15, 0.2) is 5.54 Å². The summed E-state index contributed by atoms with van der Waals surface area (Å²) in [5.41, 5.74) is 7.86. The van der Waals surface area contributed by atoms with Crippen LogP contribution in [-0.4, -0.2) is 39.4 Å². The van der Waals surface area contributed by atoms with E-state index < -0.39 is 5.54 Å². The van der Waals surface area contributed by atoms with Crippen molar-refractivity contribution in [3.05, 3.63) is 186 Å². The molecule has 0 unspecified atom stereocenters. The van der Waals surface area contributed by atoms with Crippen LogP contribution in [0.5, 0.6) is 17.2 Å². The van der Waals surface area contributed by atoms with Crippen LogP contribution in [0, 0.1) is 0 Å². The lowest BCUT2D eigenvalue weighted by molar-refractivity contribution is 0.308. The quantitative estimate of drug-likeness (QED) is 0.117. The van der Waals surface area contributed by atoms with Gasteiger partial charge in [-0.3, -0.25) is 4.98 Å². The summed E-state index contributed by atoms with van der Waals surface area (Å²) in [6, 6.07) is 53.4. The fraction of sp³-hybridized carbons (Fsp3) is 0.130. The van der Waals surface area contributed by atoms with E-state index in [1.807, 2.05) is 91.0 Å². The number of fused-ring (bicyclic) bond motifs is 1. The number of aryl methyl sites for hydroxylation is 1. The van der Waals surface area contributed by atoms with Crippen molar-refractivity contribution in [1.29, 1.82) is 0 Å². The first-order valence-corrected chi connectivity index (χ1v) is 18.0. The molecular weight excluding hydrogens is 671 g/mol. The van der Waals surface area contributed by atoms with Gasteiger partial charge in [-0.25, -0.2) is 0 Å². The van der Waals surface area contributed by atoms with Gasteiger partial charge in [0, 0.05) is 29.5 Å². The van der Waals surface area contributed by atoms with E-state index in [0.717, 1.165) is 67.7 Å². The van der Waals surface area contributed by atoms with Gasteiger partial charge in [-0.05, 0) is 45.0 Å². The molecule has 0 saturated carbocycles. The van der Waals surface area contributed by atoms with E-state index in [0.29, 0.717) is 23.9 Å². The highest BCUT2D eigenvalue weighted by Gasteiger charge is 2.41. The van der Waals surface area contributed by atoms with E-state index in [-0.39, 0.29) is 0 Å². The number of ether oxygens (including phenoxy) is 3. The summed E-state index contributed by atoms with van der Waals surface area (Å²) in [5.74, 6) is 2.59. The minimum Gasteiger partial charge on any atom is -0.497 e. The van der Waals surface area contributed by atoms with Crippen molar-refractivity contribution in [3.63, 3.8) is 0 Å². The van der Waals surface area contributed by atoms with E-state index in [1.54, 1.807) is 19.0 Å². The predicted molar refractivity (Wildman–Crippen MR) is 212 cm³/mol. The van der Waals surface area contributed by atoms with Crippen molar-refractivity contribution in [2.24, 2.45) is 0 Å². The van der Waals surface area contributed by atoms with Gasteiger partial charge in [0.25, 0.3) is 0 Å². The van der Waals surface area contributed by atoms with E-state index in [2.05, 4.69) is 73.7 Å². The van der Waals surface area contributed by atoms with Crippen LogP contribution < -0.4 is 14.2 Å². The number of methoxy groups -OCH3 is 2. The van der Waals surface area contributed by atoms with Crippen molar-refractivity contribution >= 4 is 10.9 Å². The van der Waals surface area contributed by atoms with Gasteiger partial charge in [-0.1, -0.05) is 146 Å². The van der Waals surface area contributed by atoms with Gasteiger partial charge < -0.3 is 14.2 Å². The zero-order chi connectivity index (χ0) is 36.9.